The van der Waals surface area contributed by atoms with Gasteiger partial charge in [0.15, 0.2) is 11.6 Å². The summed E-state index contributed by atoms with van der Waals surface area (Å²) in [4.78, 5) is 0. The highest BCUT2D eigenvalue weighted by Crippen LogP contribution is 2.39. The highest BCUT2D eigenvalue weighted by atomic mass is 79.9. The van der Waals surface area contributed by atoms with E-state index in [1.807, 2.05) is 6.07 Å². The number of anilines is 1. The van der Waals surface area contributed by atoms with Gasteiger partial charge in [0.25, 0.3) is 0 Å². The molecule has 1 heterocycles. The number of nitrogens with one attached hydrogen (secondary N) is 1. The second kappa shape index (κ2) is 5.13. The minimum atomic E-state index is -0.906. The van der Waals surface area contributed by atoms with E-state index in [1.54, 1.807) is 6.07 Å². The lowest BCUT2D eigenvalue weighted by atomic mass is 9.93. The summed E-state index contributed by atoms with van der Waals surface area (Å²) < 4.78 is 40.3. The van der Waals surface area contributed by atoms with Gasteiger partial charge in [-0.15, -0.1) is 0 Å². The van der Waals surface area contributed by atoms with Crippen molar-refractivity contribution in [3.05, 3.63) is 63.4 Å². The van der Waals surface area contributed by atoms with Crippen molar-refractivity contribution in [2.45, 2.75) is 18.9 Å². The molecule has 0 spiro atoms. The fourth-order valence-corrected chi connectivity index (χ4v) is 3.08. The minimum absolute atomic E-state index is 0.0913. The van der Waals surface area contributed by atoms with Crippen LogP contribution in [-0.4, -0.2) is 0 Å². The Hall–Kier alpha value is -1.49. The van der Waals surface area contributed by atoms with Crippen LogP contribution in [0.5, 0.6) is 0 Å². The van der Waals surface area contributed by atoms with Crippen LogP contribution in [0.1, 0.15) is 23.6 Å². The molecule has 1 aliphatic heterocycles. The molecular formula is C15H11BrF3N. The van der Waals surface area contributed by atoms with Crippen molar-refractivity contribution >= 4 is 21.6 Å². The van der Waals surface area contributed by atoms with Gasteiger partial charge in [-0.25, -0.2) is 13.2 Å². The third-order valence-electron chi connectivity index (χ3n) is 3.52. The molecule has 2 aromatic rings. The van der Waals surface area contributed by atoms with Crippen molar-refractivity contribution in [2.75, 3.05) is 5.32 Å². The monoisotopic (exact) mass is 341 g/mol. The summed E-state index contributed by atoms with van der Waals surface area (Å²) in [5, 5.41) is 3.16. The van der Waals surface area contributed by atoms with E-state index >= 15 is 0 Å². The predicted octanol–water partition coefficient (Wildman–Crippen LogP) is 4.97. The Bertz CT molecular complexity index is 672. The van der Waals surface area contributed by atoms with Crippen LogP contribution in [0.2, 0.25) is 0 Å². The van der Waals surface area contributed by atoms with Gasteiger partial charge in [0.1, 0.15) is 5.82 Å². The largest absolute Gasteiger partial charge is 0.377 e. The zero-order valence-corrected chi connectivity index (χ0v) is 12.0. The summed E-state index contributed by atoms with van der Waals surface area (Å²) in [7, 11) is 0. The molecular weight excluding hydrogens is 331 g/mol. The van der Waals surface area contributed by atoms with Crippen molar-refractivity contribution < 1.29 is 13.2 Å². The van der Waals surface area contributed by atoms with Crippen molar-refractivity contribution in [1.29, 1.82) is 0 Å². The number of benzene rings is 2. The maximum Gasteiger partial charge on any atom is 0.175 e. The van der Waals surface area contributed by atoms with E-state index in [1.165, 1.54) is 18.2 Å². The van der Waals surface area contributed by atoms with Gasteiger partial charge >= 0.3 is 0 Å². The van der Waals surface area contributed by atoms with Crippen LogP contribution in [0.15, 0.2) is 34.8 Å². The van der Waals surface area contributed by atoms with Gasteiger partial charge in [0, 0.05) is 0 Å². The van der Waals surface area contributed by atoms with E-state index in [-0.39, 0.29) is 16.3 Å². The molecule has 1 N–H and O–H groups in total. The molecule has 104 valence electrons. The molecule has 3 rings (SSSR count). The molecule has 0 saturated carbocycles. The Labute approximate surface area is 122 Å². The van der Waals surface area contributed by atoms with E-state index in [9.17, 15) is 13.2 Å². The number of rotatable bonds is 1. The lowest BCUT2D eigenvalue weighted by Gasteiger charge is -2.28. The predicted molar refractivity (Wildman–Crippen MR) is 75.1 cm³/mol. The molecule has 0 bridgehead atoms. The Morgan fingerprint density at radius 2 is 1.95 bits per heavy atom. The summed E-state index contributed by atoms with van der Waals surface area (Å²) in [5.41, 5.74) is 2.07. The SMILES string of the molecule is Fc1cccc(C2CCc3cc(F)c(F)c(Br)c3N2)c1. The Kier molecular flexibility index (Phi) is 3.46. The second-order valence-corrected chi connectivity index (χ2v) is 5.60. The highest BCUT2D eigenvalue weighted by Gasteiger charge is 2.24. The van der Waals surface area contributed by atoms with E-state index in [2.05, 4.69) is 21.2 Å². The van der Waals surface area contributed by atoms with Crippen molar-refractivity contribution in [2.24, 2.45) is 0 Å². The van der Waals surface area contributed by atoms with Crippen LogP contribution in [0, 0.1) is 17.5 Å². The molecule has 1 unspecified atom stereocenters. The standard InChI is InChI=1S/C15H11BrF3N/c16-13-14(19)11(18)7-9-4-5-12(20-15(9)13)8-2-1-3-10(17)6-8/h1-3,6-7,12,20H,4-5H2. The molecule has 0 radical (unpaired) electrons. The lowest BCUT2D eigenvalue weighted by molar-refractivity contribution is 0.500. The molecule has 1 aliphatic rings. The van der Waals surface area contributed by atoms with Crippen LogP contribution in [0.4, 0.5) is 18.9 Å². The van der Waals surface area contributed by atoms with E-state index in [4.69, 9.17) is 0 Å². The third kappa shape index (κ3) is 2.30. The van der Waals surface area contributed by atoms with Crippen LogP contribution in [0.25, 0.3) is 0 Å². The van der Waals surface area contributed by atoms with Gasteiger partial charge < -0.3 is 5.32 Å². The van der Waals surface area contributed by atoms with E-state index < -0.39 is 11.6 Å². The summed E-state index contributed by atoms with van der Waals surface area (Å²) in [5.74, 6) is -2.07. The Balaban J connectivity index is 1.98. The maximum atomic E-state index is 13.6. The van der Waals surface area contributed by atoms with Gasteiger partial charge in [-0.2, -0.15) is 0 Å². The molecule has 0 aliphatic carbocycles. The molecule has 2 aromatic carbocycles. The zero-order chi connectivity index (χ0) is 14.3. The Morgan fingerprint density at radius 1 is 1.15 bits per heavy atom. The van der Waals surface area contributed by atoms with Gasteiger partial charge in [0.2, 0.25) is 0 Å². The lowest BCUT2D eigenvalue weighted by Crippen LogP contribution is -2.19. The fourth-order valence-electron chi connectivity index (χ4n) is 2.52. The molecule has 20 heavy (non-hydrogen) atoms. The van der Waals surface area contributed by atoms with Crippen molar-refractivity contribution in [3.63, 3.8) is 0 Å². The first-order chi connectivity index (χ1) is 9.56. The van der Waals surface area contributed by atoms with E-state index in [0.29, 0.717) is 18.5 Å². The molecule has 0 fully saturated rings. The number of hydrogen-bond acceptors (Lipinski definition) is 1. The fraction of sp³-hybridized carbons (Fsp3) is 0.200. The highest BCUT2D eigenvalue weighted by molar-refractivity contribution is 9.10. The van der Waals surface area contributed by atoms with Crippen LogP contribution >= 0.6 is 15.9 Å². The third-order valence-corrected chi connectivity index (χ3v) is 4.26. The zero-order valence-electron chi connectivity index (χ0n) is 10.4. The summed E-state index contributed by atoms with van der Waals surface area (Å²) in [6.45, 7) is 0. The first-order valence-corrected chi connectivity index (χ1v) is 7.04. The second-order valence-electron chi connectivity index (χ2n) is 4.81. The molecule has 5 heteroatoms. The maximum absolute atomic E-state index is 13.6. The molecule has 0 saturated heterocycles. The first kappa shape index (κ1) is 13.5. The smallest absolute Gasteiger partial charge is 0.175 e. The first-order valence-electron chi connectivity index (χ1n) is 6.24. The number of aryl methyl sites for hydroxylation is 1. The van der Waals surface area contributed by atoms with Gasteiger partial charge in [-0.3, -0.25) is 0 Å². The number of hydrogen-bond donors (Lipinski definition) is 1. The normalized spacial score (nSPS) is 17.5. The average molecular weight is 342 g/mol. The summed E-state index contributed by atoms with van der Waals surface area (Å²) in [6, 6.07) is 7.40. The topological polar surface area (TPSA) is 12.0 Å². The molecule has 0 aromatic heterocycles. The van der Waals surface area contributed by atoms with Crippen LogP contribution in [-0.2, 0) is 6.42 Å². The average Bonchev–Trinajstić information content (AvgIpc) is 2.45. The number of fused-ring (bicyclic) bond motifs is 1. The number of halogens is 4. The molecule has 1 atom stereocenters. The van der Waals surface area contributed by atoms with Crippen LogP contribution in [0.3, 0.4) is 0 Å². The van der Waals surface area contributed by atoms with Crippen molar-refractivity contribution in [1.82, 2.24) is 0 Å². The van der Waals surface area contributed by atoms with Gasteiger partial charge in [0.05, 0.1) is 16.2 Å². The minimum Gasteiger partial charge on any atom is -0.377 e. The molecule has 0 amide bonds. The van der Waals surface area contributed by atoms with Gasteiger partial charge in [-0.1, -0.05) is 12.1 Å². The Morgan fingerprint density at radius 3 is 2.70 bits per heavy atom. The van der Waals surface area contributed by atoms with Crippen LogP contribution < -0.4 is 5.32 Å². The van der Waals surface area contributed by atoms with Crippen molar-refractivity contribution in [3.8, 4) is 0 Å². The van der Waals surface area contributed by atoms with Gasteiger partial charge in [-0.05, 0) is 58.1 Å². The summed E-state index contributed by atoms with van der Waals surface area (Å²) >= 11 is 3.08. The quantitative estimate of drug-likeness (QED) is 0.722. The summed E-state index contributed by atoms with van der Waals surface area (Å²) in [6.07, 6.45) is 1.31. The molecule has 1 nitrogen and oxygen atoms in total. The van der Waals surface area contributed by atoms with E-state index in [0.717, 1.165) is 11.1 Å².